The van der Waals surface area contributed by atoms with Crippen molar-refractivity contribution in [3.63, 3.8) is 0 Å². The van der Waals surface area contributed by atoms with Crippen LogP contribution in [-0.4, -0.2) is 44.2 Å². The van der Waals surface area contributed by atoms with Crippen molar-refractivity contribution in [1.82, 2.24) is 4.98 Å². The van der Waals surface area contributed by atoms with E-state index in [9.17, 15) is 9.59 Å². The van der Waals surface area contributed by atoms with Gasteiger partial charge >= 0.3 is 0 Å². The molecule has 1 aliphatic rings. The van der Waals surface area contributed by atoms with E-state index >= 15 is 0 Å². The number of pyridine rings is 1. The number of fused-ring (bicyclic) bond motifs is 4. The molecule has 1 aliphatic heterocycles. The first kappa shape index (κ1) is 24.5. The normalized spacial score (nSPS) is 13.8. The molecule has 0 saturated carbocycles. The minimum absolute atomic E-state index is 0.0564. The molecule has 0 atom stereocenters. The standard InChI is InChI=1S/C32H25N3O4S/c1-34(32(37)20-5-4-12-33-19-20)21-10-11-28-26(17-21)24-8-3-7-23(31(24)40-28)22-6-2-9-25-27(36)18-29(39-30(22)25)35-13-15-38-16-14-35/h2-12,17-19H,13-16H2,1H3. The molecular weight excluding hydrogens is 522 g/mol. The zero-order valence-corrected chi connectivity index (χ0v) is 22.6. The maximum Gasteiger partial charge on any atom is 0.259 e. The Morgan fingerprint density at radius 2 is 1.73 bits per heavy atom. The molecule has 198 valence electrons. The number of hydrogen-bond acceptors (Lipinski definition) is 7. The van der Waals surface area contributed by atoms with Gasteiger partial charge in [-0.25, -0.2) is 0 Å². The van der Waals surface area contributed by atoms with Crippen molar-refractivity contribution in [1.29, 1.82) is 0 Å². The summed E-state index contributed by atoms with van der Waals surface area (Å²) in [6.45, 7) is 2.58. The van der Waals surface area contributed by atoms with Crippen molar-refractivity contribution in [2.24, 2.45) is 0 Å². The summed E-state index contributed by atoms with van der Waals surface area (Å²) in [6, 6.07) is 23.2. The van der Waals surface area contributed by atoms with Crippen LogP contribution in [0, 0.1) is 0 Å². The molecule has 7 nitrogen and oxygen atoms in total. The largest absolute Gasteiger partial charge is 0.440 e. The molecule has 1 amide bonds. The molecule has 8 heteroatoms. The average Bonchev–Trinajstić information content (AvgIpc) is 3.39. The fraction of sp³-hybridized carbons (Fsp3) is 0.156. The summed E-state index contributed by atoms with van der Waals surface area (Å²) in [6.07, 6.45) is 3.24. The number of carbonyl (C=O) groups is 1. The van der Waals surface area contributed by atoms with Gasteiger partial charge in [0.05, 0.1) is 24.2 Å². The Morgan fingerprint density at radius 1 is 0.925 bits per heavy atom. The highest BCUT2D eigenvalue weighted by molar-refractivity contribution is 7.26. The van der Waals surface area contributed by atoms with Gasteiger partial charge in [0.15, 0.2) is 11.3 Å². The summed E-state index contributed by atoms with van der Waals surface area (Å²) in [5.41, 5.74) is 3.76. The van der Waals surface area contributed by atoms with E-state index in [0.29, 0.717) is 48.7 Å². The van der Waals surface area contributed by atoms with Gasteiger partial charge in [-0.05, 0) is 36.4 Å². The molecule has 0 bridgehead atoms. The first-order valence-electron chi connectivity index (χ1n) is 13.1. The molecule has 0 spiro atoms. The van der Waals surface area contributed by atoms with Crippen molar-refractivity contribution in [3.05, 3.63) is 101 Å². The van der Waals surface area contributed by atoms with Gasteiger partial charge in [-0.1, -0.05) is 30.3 Å². The molecule has 1 fully saturated rings. The van der Waals surface area contributed by atoms with Gasteiger partial charge in [-0.2, -0.15) is 0 Å². The summed E-state index contributed by atoms with van der Waals surface area (Å²) in [5, 5.41) is 2.72. The van der Waals surface area contributed by atoms with Gasteiger partial charge in [0, 0.05) is 75.6 Å². The molecular formula is C32H25N3O4S. The maximum atomic E-state index is 13.1. The second kappa shape index (κ2) is 9.89. The highest BCUT2D eigenvalue weighted by atomic mass is 32.1. The van der Waals surface area contributed by atoms with Crippen molar-refractivity contribution in [2.75, 3.05) is 43.2 Å². The number of carbonyl (C=O) groups excluding carboxylic acids is 1. The third-order valence-corrected chi connectivity index (χ3v) is 8.66. The van der Waals surface area contributed by atoms with Crippen LogP contribution in [0.25, 0.3) is 42.3 Å². The first-order valence-corrected chi connectivity index (χ1v) is 13.9. The number of amides is 1. The number of nitrogens with zero attached hydrogens (tertiary/aromatic N) is 3. The fourth-order valence-electron chi connectivity index (χ4n) is 5.32. The van der Waals surface area contributed by atoms with Crippen molar-refractivity contribution >= 4 is 60.0 Å². The lowest BCUT2D eigenvalue weighted by Crippen LogP contribution is -2.36. The molecule has 0 aliphatic carbocycles. The van der Waals surface area contributed by atoms with Crippen molar-refractivity contribution in [2.45, 2.75) is 0 Å². The van der Waals surface area contributed by atoms with Gasteiger partial charge in [-0.15, -0.1) is 11.3 Å². The van der Waals surface area contributed by atoms with E-state index in [1.165, 1.54) is 0 Å². The Bertz CT molecular complexity index is 1960. The molecule has 1 saturated heterocycles. The van der Waals surface area contributed by atoms with Crippen LogP contribution in [-0.2, 0) is 4.74 Å². The molecule has 3 aromatic heterocycles. The number of morpholine rings is 1. The van der Waals surface area contributed by atoms with E-state index in [2.05, 4.69) is 34.1 Å². The quantitative estimate of drug-likeness (QED) is 0.257. The van der Waals surface area contributed by atoms with E-state index < -0.39 is 0 Å². The van der Waals surface area contributed by atoms with Crippen LogP contribution in [0.2, 0.25) is 0 Å². The van der Waals surface area contributed by atoms with E-state index in [1.807, 2.05) is 30.3 Å². The Kier molecular flexibility index (Phi) is 6.06. The van der Waals surface area contributed by atoms with Crippen LogP contribution in [0.1, 0.15) is 10.4 Å². The lowest BCUT2D eigenvalue weighted by atomic mass is 10.0. The Balaban J connectivity index is 1.36. The summed E-state index contributed by atoms with van der Waals surface area (Å²) < 4.78 is 14.1. The predicted molar refractivity (Wildman–Crippen MR) is 161 cm³/mol. The fourth-order valence-corrected chi connectivity index (χ4v) is 6.53. The number of thiophene rings is 1. The molecule has 40 heavy (non-hydrogen) atoms. The molecule has 7 rings (SSSR count). The Hall–Kier alpha value is -4.53. The predicted octanol–water partition coefficient (Wildman–Crippen LogP) is 6.34. The van der Waals surface area contributed by atoms with Crippen LogP contribution < -0.4 is 15.2 Å². The maximum absolute atomic E-state index is 13.1. The molecule has 0 N–H and O–H groups in total. The van der Waals surface area contributed by atoms with Gasteiger partial charge < -0.3 is 19.0 Å². The van der Waals surface area contributed by atoms with Gasteiger partial charge in [0.25, 0.3) is 5.91 Å². The van der Waals surface area contributed by atoms with Crippen LogP contribution in [0.5, 0.6) is 0 Å². The number of ether oxygens (including phenoxy) is 1. The lowest BCUT2D eigenvalue weighted by molar-refractivity contribution is 0.0992. The SMILES string of the molecule is CN(C(=O)c1cccnc1)c1ccc2sc3c(-c4cccc5c(=O)cc(N6CCOCC6)oc45)cccc3c2c1. The number of para-hydroxylation sites is 1. The third-order valence-electron chi connectivity index (χ3n) is 7.44. The topological polar surface area (TPSA) is 75.9 Å². The Labute approximate surface area is 233 Å². The van der Waals surface area contributed by atoms with E-state index in [1.54, 1.807) is 53.9 Å². The monoisotopic (exact) mass is 547 g/mol. The van der Waals surface area contributed by atoms with E-state index in [-0.39, 0.29) is 11.3 Å². The minimum Gasteiger partial charge on any atom is -0.440 e. The number of hydrogen-bond donors (Lipinski definition) is 0. The average molecular weight is 548 g/mol. The van der Waals surface area contributed by atoms with Crippen LogP contribution in [0.4, 0.5) is 11.6 Å². The summed E-state index contributed by atoms with van der Waals surface area (Å²) >= 11 is 1.69. The number of rotatable bonds is 4. The summed E-state index contributed by atoms with van der Waals surface area (Å²) in [5.74, 6) is 0.456. The number of anilines is 2. The summed E-state index contributed by atoms with van der Waals surface area (Å²) in [4.78, 5) is 34.0. The van der Waals surface area contributed by atoms with Crippen LogP contribution >= 0.6 is 11.3 Å². The lowest BCUT2D eigenvalue weighted by Gasteiger charge is -2.27. The molecule has 3 aromatic carbocycles. The van der Waals surface area contributed by atoms with Crippen LogP contribution in [0.3, 0.4) is 0 Å². The molecule has 6 aromatic rings. The zero-order valence-electron chi connectivity index (χ0n) is 21.8. The second-order valence-corrected chi connectivity index (χ2v) is 10.9. The first-order chi connectivity index (χ1) is 19.6. The number of aromatic nitrogens is 1. The second-order valence-electron chi connectivity index (χ2n) is 9.80. The van der Waals surface area contributed by atoms with Crippen LogP contribution in [0.15, 0.2) is 94.4 Å². The van der Waals surface area contributed by atoms with Crippen molar-refractivity contribution < 1.29 is 13.9 Å². The van der Waals surface area contributed by atoms with Crippen molar-refractivity contribution in [3.8, 4) is 11.1 Å². The summed E-state index contributed by atoms with van der Waals surface area (Å²) in [7, 11) is 1.78. The highest BCUT2D eigenvalue weighted by Crippen LogP contribution is 2.43. The minimum atomic E-state index is -0.116. The number of benzene rings is 3. The molecule has 0 unspecified atom stereocenters. The highest BCUT2D eigenvalue weighted by Gasteiger charge is 2.20. The van der Waals surface area contributed by atoms with Gasteiger partial charge in [0.1, 0.15) is 5.58 Å². The smallest absolute Gasteiger partial charge is 0.259 e. The van der Waals surface area contributed by atoms with Gasteiger partial charge in [0.2, 0.25) is 0 Å². The zero-order chi connectivity index (χ0) is 27.2. The molecule has 0 radical (unpaired) electrons. The van der Waals surface area contributed by atoms with E-state index in [4.69, 9.17) is 9.15 Å². The van der Waals surface area contributed by atoms with Gasteiger partial charge in [-0.3, -0.25) is 14.6 Å². The molecule has 4 heterocycles. The van der Waals surface area contributed by atoms with E-state index in [0.717, 1.165) is 37.0 Å². The Morgan fingerprint density at radius 3 is 2.52 bits per heavy atom. The third kappa shape index (κ3) is 4.13.